The Hall–Kier alpha value is -1.60. The molecule has 0 bridgehead atoms. The average molecular weight is 355 g/mol. The summed E-state index contributed by atoms with van der Waals surface area (Å²) < 4.78 is 5.35. The van der Waals surface area contributed by atoms with Gasteiger partial charge in [0.25, 0.3) is 0 Å². The first-order chi connectivity index (χ1) is 12.0. The molecule has 1 aliphatic heterocycles. The lowest BCUT2D eigenvalue weighted by atomic mass is 10.0. The van der Waals surface area contributed by atoms with E-state index in [0.29, 0.717) is 13.1 Å². The fraction of sp³-hybridized carbons (Fsp3) is 0.778. The van der Waals surface area contributed by atoms with Crippen LogP contribution in [0.15, 0.2) is 12.7 Å². The Bertz CT molecular complexity index is 423. The molecule has 7 nitrogen and oxygen atoms in total. The Balaban J connectivity index is 2.60. The molecular formula is C18H33N3O4. The van der Waals surface area contributed by atoms with Crippen LogP contribution >= 0.6 is 0 Å². The van der Waals surface area contributed by atoms with E-state index in [0.717, 1.165) is 52.1 Å². The van der Waals surface area contributed by atoms with Crippen LogP contribution in [0, 0.1) is 5.92 Å². The fourth-order valence-corrected chi connectivity index (χ4v) is 2.91. The smallest absolute Gasteiger partial charge is 0.405 e. The normalized spacial score (nSPS) is 16.4. The molecule has 0 radical (unpaired) electrons. The van der Waals surface area contributed by atoms with Gasteiger partial charge in [-0.3, -0.25) is 9.69 Å². The first kappa shape index (κ1) is 21.4. The van der Waals surface area contributed by atoms with Crippen molar-refractivity contribution in [3.63, 3.8) is 0 Å². The number of carboxylic acid groups (broad SMARTS) is 1. The van der Waals surface area contributed by atoms with Gasteiger partial charge < -0.3 is 20.1 Å². The maximum Gasteiger partial charge on any atom is 0.405 e. The first-order valence-electron chi connectivity index (χ1n) is 9.15. The van der Waals surface area contributed by atoms with E-state index < -0.39 is 12.1 Å². The highest BCUT2D eigenvalue weighted by Gasteiger charge is 2.28. The fourth-order valence-electron chi connectivity index (χ4n) is 2.91. The van der Waals surface area contributed by atoms with Gasteiger partial charge in [0, 0.05) is 32.7 Å². The molecule has 1 unspecified atom stereocenters. The number of allylic oxidation sites excluding steroid dienone is 1. The van der Waals surface area contributed by atoms with Gasteiger partial charge in [-0.25, -0.2) is 4.79 Å². The second-order valence-corrected chi connectivity index (χ2v) is 6.73. The monoisotopic (exact) mass is 355 g/mol. The predicted octanol–water partition coefficient (Wildman–Crippen LogP) is 1.80. The number of morpholine rings is 1. The molecule has 2 amide bonds. The molecule has 1 rings (SSSR count). The minimum Gasteiger partial charge on any atom is -0.465 e. The Morgan fingerprint density at radius 1 is 1.28 bits per heavy atom. The van der Waals surface area contributed by atoms with Crippen molar-refractivity contribution in [2.45, 2.75) is 39.2 Å². The van der Waals surface area contributed by atoms with E-state index in [1.165, 1.54) is 0 Å². The number of carbonyl (C=O) groups is 2. The van der Waals surface area contributed by atoms with Gasteiger partial charge in [0.05, 0.1) is 13.2 Å². The zero-order chi connectivity index (χ0) is 18.7. The zero-order valence-electron chi connectivity index (χ0n) is 15.6. The molecule has 25 heavy (non-hydrogen) atoms. The number of amides is 2. The Labute approximate surface area is 151 Å². The van der Waals surface area contributed by atoms with E-state index in [4.69, 9.17) is 9.84 Å². The van der Waals surface area contributed by atoms with Crippen LogP contribution in [0.3, 0.4) is 0 Å². The second kappa shape index (κ2) is 11.9. The first-order valence-corrected chi connectivity index (χ1v) is 9.15. The maximum atomic E-state index is 12.8. The molecule has 2 N–H and O–H groups in total. The third-order valence-electron chi connectivity index (χ3n) is 4.37. The highest BCUT2D eigenvalue weighted by Crippen LogP contribution is 2.09. The van der Waals surface area contributed by atoms with Crippen molar-refractivity contribution < 1.29 is 19.4 Å². The van der Waals surface area contributed by atoms with Crippen LogP contribution in [0.5, 0.6) is 0 Å². The number of carbonyl (C=O) groups excluding carboxylic acids is 1. The van der Waals surface area contributed by atoms with Crippen LogP contribution in [0.1, 0.15) is 33.1 Å². The summed E-state index contributed by atoms with van der Waals surface area (Å²) in [5, 5.41) is 11.4. The highest BCUT2D eigenvalue weighted by atomic mass is 16.5. The molecule has 0 aromatic rings. The third kappa shape index (κ3) is 8.36. The summed E-state index contributed by atoms with van der Waals surface area (Å²) in [5.41, 5.74) is 0. The molecule has 1 heterocycles. The standard InChI is InChI=1S/C18H33N3O4/c1-4-5-6-9-21(10-7-8-20-11-13-25-14-12-20)17(22)16(15(2)3)19-18(23)24/h4,15-16,19H,1,5-14H2,2-3H3,(H,23,24). The molecule has 1 aliphatic rings. The summed E-state index contributed by atoms with van der Waals surface area (Å²) in [6.45, 7) is 13.0. The molecule has 1 saturated heterocycles. The lowest BCUT2D eigenvalue weighted by molar-refractivity contribution is -0.134. The van der Waals surface area contributed by atoms with E-state index >= 15 is 0 Å². The molecule has 0 aromatic heterocycles. The van der Waals surface area contributed by atoms with Crippen molar-refractivity contribution in [1.82, 2.24) is 15.1 Å². The summed E-state index contributed by atoms with van der Waals surface area (Å²) in [6.07, 6.45) is 3.23. The molecule has 0 saturated carbocycles. The summed E-state index contributed by atoms with van der Waals surface area (Å²) in [7, 11) is 0. The van der Waals surface area contributed by atoms with Crippen LogP contribution in [0.2, 0.25) is 0 Å². The second-order valence-electron chi connectivity index (χ2n) is 6.73. The molecule has 1 atom stereocenters. The van der Waals surface area contributed by atoms with Crippen LogP contribution < -0.4 is 5.32 Å². The SMILES string of the molecule is C=CCCCN(CCCN1CCOCC1)C(=O)C(NC(=O)O)C(C)C. The van der Waals surface area contributed by atoms with Crippen molar-refractivity contribution in [2.24, 2.45) is 5.92 Å². The van der Waals surface area contributed by atoms with Gasteiger partial charge in [0.1, 0.15) is 6.04 Å². The van der Waals surface area contributed by atoms with Crippen molar-refractivity contribution in [3.8, 4) is 0 Å². The molecule has 7 heteroatoms. The zero-order valence-corrected chi connectivity index (χ0v) is 15.6. The lowest BCUT2D eigenvalue weighted by Gasteiger charge is -2.31. The highest BCUT2D eigenvalue weighted by molar-refractivity contribution is 5.85. The van der Waals surface area contributed by atoms with Crippen LogP contribution in [0.25, 0.3) is 0 Å². The van der Waals surface area contributed by atoms with E-state index in [-0.39, 0.29) is 11.8 Å². The minimum absolute atomic E-state index is 0.0928. The third-order valence-corrected chi connectivity index (χ3v) is 4.37. The summed E-state index contributed by atoms with van der Waals surface area (Å²) in [5.74, 6) is -0.229. The van der Waals surface area contributed by atoms with Crippen LogP contribution in [-0.4, -0.2) is 78.9 Å². The van der Waals surface area contributed by atoms with Gasteiger partial charge in [-0.15, -0.1) is 6.58 Å². The van der Waals surface area contributed by atoms with Gasteiger partial charge in [0.2, 0.25) is 5.91 Å². The summed E-state index contributed by atoms with van der Waals surface area (Å²) in [4.78, 5) is 28.0. The lowest BCUT2D eigenvalue weighted by Crippen LogP contribution is -2.51. The molecular weight excluding hydrogens is 322 g/mol. The number of nitrogens with one attached hydrogen (secondary N) is 1. The number of nitrogens with zero attached hydrogens (tertiary/aromatic N) is 2. The minimum atomic E-state index is -1.16. The van der Waals surface area contributed by atoms with Gasteiger partial charge >= 0.3 is 6.09 Å². The van der Waals surface area contributed by atoms with E-state index in [2.05, 4.69) is 16.8 Å². The van der Waals surface area contributed by atoms with Crippen molar-refractivity contribution >= 4 is 12.0 Å². The quantitative estimate of drug-likeness (QED) is 0.436. The number of hydrogen-bond acceptors (Lipinski definition) is 4. The Kier molecular flexibility index (Phi) is 10.2. The molecule has 1 fully saturated rings. The van der Waals surface area contributed by atoms with Crippen molar-refractivity contribution in [1.29, 1.82) is 0 Å². The number of rotatable bonds is 11. The number of ether oxygens (including phenoxy) is 1. The maximum absolute atomic E-state index is 12.8. The van der Waals surface area contributed by atoms with Gasteiger partial charge in [-0.1, -0.05) is 19.9 Å². The van der Waals surface area contributed by atoms with Gasteiger partial charge in [-0.05, 0) is 25.2 Å². The van der Waals surface area contributed by atoms with Crippen LogP contribution in [-0.2, 0) is 9.53 Å². The van der Waals surface area contributed by atoms with E-state index in [9.17, 15) is 9.59 Å². The number of unbranched alkanes of at least 4 members (excludes halogenated alkanes) is 1. The predicted molar refractivity (Wildman–Crippen MR) is 97.7 cm³/mol. The van der Waals surface area contributed by atoms with Gasteiger partial charge in [-0.2, -0.15) is 0 Å². The van der Waals surface area contributed by atoms with Gasteiger partial charge in [0.15, 0.2) is 0 Å². The molecule has 144 valence electrons. The average Bonchev–Trinajstić information content (AvgIpc) is 2.58. The molecule has 0 spiro atoms. The molecule has 0 aliphatic carbocycles. The summed E-state index contributed by atoms with van der Waals surface area (Å²) >= 11 is 0. The van der Waals surface area contributed by atoms with Crippen molar-refractivity contribution in [2.75, 3.05) is 45.9 Å². The largest absolute Gasteiger partial charge is 0.465 e. The summed E-state index contributed by atoms with van der Waals surface area (Å²) in [6, 6.07) is -0.704. The van der Waals surface area contributed by atoms with Crippen molar-refractivity contribution in [3.05, 3.63) is 12.7 Å². The van der Waals surface area contributed by atoms with Crippen LogP contribution in [0.4, 0.5) is 4.79 Å². The molecule has 0 aromatic carbocycles. The van der Waals surface area contributed by atoms with E-state index in [1.54, 1.807) is 4.90 Å². The topological polar surface area (TPSA) is 82.1 Å². The Morgan fingerprint density at radius 2 is 1.92 bits per heavy atom. The van der Waals surface area contributed by atoms with E-state index in [1.807, 2.05) is 19.9 Å². The number of hydrogen-bond donors (Lipinski definition) is 2. The Morgan fingerprint density at radius 3 is 2.48 bits per heavy atom.